The molecule has 0 saturated heterocycles. The molecule has 3 aromatic carbocycles. The standard InChI is InChI=1S/C24H18O3/c1-2-16-7-9-17(10-8-16)15-18-11-13-19(14-12-18)24-23(26)22(25)20-5-3-4-6-21(20)27-24/h2-14,26H,1,15H2. The molecule has 132 valence electrons. The van der Waals surface area contributed by atoms with Crippen LogP contribution in [0.5, 0.6) is 5.75 Å². The number of hydrogen-bond donors (Lipinski definition) is 1. The molecule has 4 rings (SSSR count). The largest absolute Gasteiger partial charge is 0.502 e. The Bertz CT molecular complexity index is 1170. The predicted molar refractivity (Wildman–Crippen MR) is 109 cm³/mol. The maximum absolute atomic E-state index is 12.4. The molecule has 0 saturated carbocycles. The molecule has 0 atom stereocenters. The van der Waals surface area contributed by atoms with Crippen LogP contribution in [0.3, 0.4) is 0 Å². The number of benzene rings is 3. The molecular weight excluding hydrogens is 336 g/mol. The molecule has 0 aliphatic rings. The van der Waals surface area contributed by atoms with Crippen LogP contribution in [0.15, 0.2) is 88.6 Å². The van der Waals surface area contributed by atoms with Gasteiger partial charge >= 0.3 is 0 Å². The van der Waals surface area contributed by atoms with Crippen molar-refractivity contribution < 1.29 is 9.52 Å². The molecule has 0 spiro atoms. The summed E-state index contributed by atoms with van der Waals surface area (Å²) < 4.78 is 5.78. The SMILES string of the molecule is C=Cc1ccc(Cc2ccc(-c3oc4ccccc4c(=O)c3O)cc2)cc1. The Balaban J connectivity index is 1.66. The quantitative estimate of drug-likeness (QED) is 0.534. The predicted octanol–water partition coefficient (Wildman–Crippen LogP) is 5.40. The third kappa shape index (κ3) is 3.27. The van der Waals surface area contributed by atoms with Gasteiger partial charge in [0.05, 0.1) is 5.39 Å². The highest BCUT2D eigenvalue weighted by molar-refractivity contribution is 5.81. The van der Waals surface area contributed by atoms with E-state index in [1.807, 2.05) is 42.5 Å². The summed E-state index contributed by atoms with van der Waals surface area (Å²) in [5.74, 6) is -0.165. The first kappa shape index (κ1) is 16.9. The fourth-order valence-electron chi connectivity index (χ4n) is 3.11. The van der Waals surface area contributed by atoms with Crippen LogP contribution in [-0.2, 0) is 6.42 Å². The van der Waals surface area contributed by atoms with E-state index in [2.05, 4.69) is 18.7 Å². The van der Waals surface area contributed by atoms with Crippen LogP contribution in [-0.4, -0.2) is 5.11 Å². The maximum Gasteiger partial charge on any atom is 0.235 e. The monoisotopic (exact) mass is 354 g/mol. The summed E-state index contributed by atoms with van der Waals surface area (Å²) in [6.07, 6.45) is 2.62. The summed E-state index contributed by atoms with van der Waals surface area (Å²) in [6, 6.07) is 22.8. The number of aromatic hydroxyl groups is 1. The van der Waals surface area contributed by atoms with Crippen LogP contribution in [0, 0.1) is 0 Å². The van der Waals surface area contributed by atoms with E-state index in [1.165, 1.54) is 5.56 Å². The van der Waals surface area contributed by atoms with Gasteiger partial charge < -0.3 is 9.52 Å². The molecule has 1 aromatic heterocycles. The van der Waals surface area contributed by atoms with Gasteiger partial charge in [0.1, 0.15) is 5.58 Å². The highest BCUT2D eigenvalue weighted by Crippen LogP contribution is 2.30. The number of para-hydroxylation sites is 1. The Morgan fingerprint density at radius 3 is 2.19 bits per heavy atom. The summed E-state index contributed by atoms with van der Waals surface area (Å²) >= 11 is 0. The average Bonchev–Trinajstić information content (AvgIpc) is 2.72. The second-order valence-corrected chi connectivity index (χ2v) is 6.42. The third-order valence-corrected chi connectivity index (χ3v) is 4.61. The topological polar surface area (TPSA) is 50.4 Å². The van der Waals surface area contributed by atoms with Gasteiger partial charge in [0.2, 0.25) is 11.2 Å². The molecule has 3 heteroatoms. The van der Waals surface area contributed by atoms with Crippen molar-refractivity contribution in [3.8, 4) is 17.1 Å². The molecule has 0 bridgehead atoms. The fourth-order valence-corrected chi connectivity index (χ4v) is 3.11. The van der Waals surface area contributed by atoms with Crippen LogP contribution >= 0.6 is 0 Å². The zero-order valence-corrected chi connectivity index (χ0v) is 14.7. The van der Waals surface area contributed by atoms with E-state index in [-0.39, 0.29) is 11.5 Å². The van der Waals surface area contributed by atoms with E-state index in [0.29, 0.717) is 16.5 Å². The van der Waals surface area contributed by atoms with Gasteiger partial charge in [0.25, 0.3) is 0 Å². The molecule has 4 aromatic rings. The summed E-state index contributed by atoms with van der Waals surface area (Å²) in [5.41, 5.74) is 4.14. The Hall–Kier alpha value is -3.59. The molecule has 0 unspecified atom stereocenters. The lowest BCUT2D eigenvalue weighted by Gasteiger charge is -2.07. The average molecular weight is 354 g/mol. The first-order valence-electron chi connectivity index (χ1n) is 8.71. The molecule has 1 heterocycles. The Morgan fingerprint density at radius 2 is 1.52 bits per heavy atom. The van der Waals surface area contributed by atoms with Crippen LogP contribution in [0.2, 0.25) is 0 Å². The van der Waals surface area contributed by atoms with Gasteiger partial charge in [-0.2, -0.15) is 0 Å². The first-order valence-corrected chi connectivity index (χ1v) is 8.71. The van der Waals surface area contributed by atoms with E-state index < -0.39 is 5.43 Å². The van der Waals surface area contributed by atoms with Crippen LogP contribution < -0.4 is 5.43 Å². The lowest BCUT2D eigenvalue weighted by molar-refractivity contribution is 0.449. The van der Waals surface area contributed by atoms with Crippen molar-refractivity contribution in [3.63, 3.8) is 0 Å². The van der Waals surface area contributed by atoms with Gasteiger partial charge in [-0.3, -0.25) is 4.79 Å². The number of fused-ring (bicyclic) bond motifs is 1. The van der Waals surface area contributed by atoms with Gasteiger partial charge in [-0.1, -0.05) is 73.3 Å². The smallest absolute Gasteiger partial charge is 0.235 e. The summed E-state index contributed by atoms with van der Waals surface area (Å²) in [4.78, 5) is 12.4. The van der Waals surface area contributed by atoms with E-state index >= 15 is 0 Å². The first-order chi connectivity index (χ1) is 13.2. The minimum absolute atomic E-state index is 0.195. The van der Waals surface area contributed by atoms with Crippen molar-refractivity contribution in [2.24, 2.45) is 0 Å². The van der Waals surface area contributed by atoms with Crippen molar-refractivity contribution >= 4 is 17.0 Å². The van der Waals surface area contributed by atoms with Gasteiger partial charge in [-0.25, -0.2) is 0 Å². The third-order valence-electron chi connectivity index (χ3n) is 4.61. The van der Waals surface area contributed by atoms with Gasteiger partial charge in [-0.05, 0) is 35.2 Å². The fraction of sp³-hybridized carbons (Fsp3) is 0.0417. The molecule has 0 radical (unpaired) electrons. The molecule has 0 aliphatic heterocycles. The molecule has 0 aliphatic carbocycles. The van der Waals surface area contributed by atoms with Crippen LogP contribution in [0.1, 0.15) is 16.7 Å². The van der Waals surface area contributed by atoms with Crippen molar-refractivity contribution in [2.75, 3.05) is 0 Å². The van der Waals surface area contributed by atoms with E-state index in [0.717, 1.165) is 17.5 Å². The molecule has 27 heavy (non-hydrogen) atoms. The molecular formula is C24H18O3. The molecule has 0 amide bonds. The van der Waals surface area contributed by atoms with Gasteiger partial charge in [0.15, 0.2) is 5.76 Å². The molecule has 0 fully saturated rings. The highest BCUT2D eigenvalue weighted by Gasteiger charge is 2.14. The second-order valence-electron chi connectivity index (χ2n) is 6.42. The number of hydrogen-bond acceptors (Lipinski definition) is 3. The van der Waals surface area contributed by atoms with Crippen molar-refractivity contribution in [1.29, 1.82) is 0 Å². The highest BCUT2D eigenvalue weighted by atomic mass is 16.4. The van der Waals surface area contributed by atoms with Crippen molar-refractivity contribution in [2.45, 2.75) is 6.42 Å². The molecule has 1 N–H and O–H groups in total. The minimum atomic E-state index is -0.418. The second kappa shape index (κ2) is 6.96. The Kier molecular flexibility index (Phi) is 4.35. The Morgan fingerprint density at radius 1 is 0.889 bits per heavy atom. The normalized spacial score (nSPS) is 10.8. The van der Waals surface area contributed by atoms with E-state index in [9.17, 15) is 9.90 Å². The zero-order valence-electron chi connectivity index (χ0n) is 14.7. The summed E-state index contributed by atoms with van der Waals surface area (Å²) in [7, 11) is 0. The summed E-state index contributed by atoms with van der Waals surface area (Å²) in [5, 5.41) is 10.7. The lowest BCUT2D eigenvalue weighted by atomic mass is 10.0. The minimum Gasteiger partial charge on any atom is -0.502 e. The molecule has 3 nitrogen and oxygen atoms in total. The lowest BCUT2D eigenvalue weighted by Crippen LogP contribution is -2.02. The van der Waals surface area contributed by atoms with Crippen LogP contribution in [0.4, 0.5) is 0 Å². The summed E-state index contributed by atoms with van der Waals surface area (Å²) in [6.45, 7) is 3.76. The van der Waals surface area contributed by atoms with Gasteiger partial charge in [0, 0.05) is 5.56 Å². The Labute approximate surface area is 156 Å². The number of rotatable bonds is 4. The van der Waals surface area contributed by atoms with E-state index in [1.54, 1.807) is 24.3 Å². The van der Waals surface area contributed by atoms with Crippen molar-refractivity contribution in [3.05, 3.63) is 106 Å². The van der Waals surface area contributed by atoms with Crippen LogP contribution in [0.25, 0.3) is 28.4 Å². The maximum atomic E-state index is 12.4. The van der Waals surface area contributed by atoms with Crippen molar-refractivity contribution in [1.82, 2.24) is 0 Å². The van der Waals surface area contributed by atoms with Gasteiger partial charge in [-0.15, -0.1) is 0 Å². The van der Waals surface area contributed by atoms with E-state index in [4.69, 9.17) is 4.42 Å². The zero-order chi connectivity index (χ0) is 18.8.